The molecule has 0 aromatic heterocycles. The number of nitrogens with one attached hydrogen (secondary N) is 1. The number of anilines is 1. The molecule has 6 nitrogen and oxygen atoms in total. The summed E-state index contributed by atoms with van der Waals surface area (Å²) in [7, 11) is 1.69. The highest BCUT2D eigenvalue weighted by atomic mass is 16.6. The molecule has 0 aliphatic heterocycles. The first-order valence-corrected chi connectivity index (χ1v) is 9.03. The average Bonchev–Trinajstić information content (AvgIpc) is 2.52. The van der Waals surface area contributed by atoms with Gasteiger partial charge in [-0.1, -0.05) is 26.0 Å². The van der Waals surface area contributed by atoms with Crippen molar-refractivity contribution < 1.29 is 19.4 Å². The molecule has 26 heavy (non-hydrogen) atoms. The van der Waals surface area contributed by atoms with E-state index in [9.17, 15) is 9.59 Å². The summed E-state index contributed by atoms with van der Waals surface area (Å²) in [5, 5.41) is 12.2. The van der Waals surface area contributed by atoms with Gasteiger partial charge in [-0.05, 0) is 63.8 Å². The summed E-state index contributed by atoms with van der Waals surface area (Å²) in [6.45, 7) is 9.95. The summed E-state index contributed by atoms with van der Waals surface area (Å²) >= 11 is 0. The number of carbonyl (C=O) groups excluding carboxylic acids is 1. The first kappa shape index (κ1) is 22.0. The van der Waals surface area contributed by atoms with Crippen LogP contribution < -0.4 is 10.2 Å². The van der Waals surface area contributed by atoms with Crippen LogP contribution in [0.1, 0.15) is 46.6 Å². The highest BCUT2D eigenvalue weighted by Gasteiger charge is 2.21. The summed E-state index contributed by atoms with van der Waals surface area (Å²) in [5.74, 6) is -0.760. The monoisotopic (exact) mass is 364 g/mol. The van der Waals surface area contributed by atoms with E-state index in [0.717, 1.165) is 24.1 Å². The molecule has 0 saturated heterocycles. The van der Waals surface area contributed by atoms with Gasteiger partial charge in [-0.3, -0.25) is 9.69 Å². The molecule has 0 fully saturated rings. The number of aryl methyl sites for hydroxylation is 1. The first-order valence-electron chi connectivity index (χ1n) is 9.03. The lowest BCUT2D eigenvalue weighted by atomic mass is 10.0. The number of amides is 1. The minimum atomic E-state index is -0.811. The van der Waals surface area contributed by atoms with Gasteiger partial charge in [0.25, 0.3) is 0 Å². The Bertz CT molecular complexity index is 591. The lowest BCUT2D eigenvalue weighted by Crippen LogP contribution is -2.41. The number of nitrogens with zero attached hydrogens (tertiary/aromatic N) is 1. The van der Waals surface area contributed by atoms with Gasteiger partial charge in [0.2, 0.25) is 0 Å². The van der Waals surface area contributed by atoms with Crippen LogP contribution >= 0.6 is 0 Å². The van der Waals surface area contributed by atoms with Gasteiger partial charge < -0.3 is 15.2 Å². The van der Waals surface area contributed by atoms with Gasteiger partial charge in [0.15, 0.2) is 0 Å². The van der Waals surface area contributed by atoms with E-state index in [0.29, 0.717) is 6.54 Å². The molecule has 1 atom stereocenters. The number of carboxylic acids is 1. The number of carboxylic acid groups (broad SMARTS) is 1. The Hall–Kier alpha value is -2.08. The number of benzene rings is 1. The Kier molecular flexibility index (Phi) is 8.08. The summed E-state index contributed by atoms with van der Waals surface area (Å²) in [5.41, 5.74) is 1.39. The molecule has 0 unspecified atom stereocenters. The van der Waals surface area contributed by atoms with Crippen LogP contribution in [0.25, 0.3) is 0 Å². The number of ether oxygens (including phenoxy) is 1. The maximum Gasteiger partial charge on any atom is 0.414 e. The highest BCUT2D eigenvalue weighted by molar-refractivity contribution is 5.87. The fraction of sp³-hybridized carbons (Fsp3) is 0.600. The second-order valence-corrected chi connectivity index (χ2v) is 7.82. The van der Waals surface area contributed by atoms with Crippen LogP contribution in [-0.4, -0.2) is 42.4 Å². The molecular formula is C20H32N2O4. The van der Waals surface area contributed by atoms with Crippen molar-refractivity contribution in [3.8, 4) is 0 Å². The maximum absolute atomic E-state index is 12.1. The van der Waals surface area contributed by atoms with Crippen LogP contribution in [-0.2, 0) is 16.0 Å². The Morgan fingerprint density at radius 1 is 1.19 bits per heavy atom. The molecule has 0 radical (unpaired) electrons. The number of hydrogen-bond acceptors (Lipinski definition) is 4. The zero-order valence-corrected chi connectivity index (χ0v) is 16.7. The second kappa shape index (κ2) is 9.57. The van der Waals surface area contributed by atoms with Crippen LogP contribution in [0.5, 0.6) is 0 Å². The molecule has 0 bridgehead atoms. The predicted octanol–water partition coefficient (Wildman–Crippen LogP) is 3.69. The lowest BCUT2D eigenvalue weighted by Gasteiger charge is -2.24. The zero-order chi connectivity index (χ0) is 19.9. The van der Waals surface area contributed by atoms with E-state index in [-0.39, 0.29) is 12.0 Å². The van der Waals surface area contributed by atoms with E-state index in [4.69, 9.17) is 9.84 Å². The molecule has 6 heteroatoms. The van der Waals surface area contributed by atoms with Gasteiger partial charge in [0.05, 0.1) is 0 Å². The van der Waals surface area contributed by atoms with Crippen LogP contribution in [0.15, 0.2) is 24.3 Å². The third-order valence-electron chi connectivity index (χ3n) is 3.93. The first-order chi connectivity index (χ1) is 12.0. The van der Waals surface area contributed by atoms with Crippen molar-refractivity contribution in [2.24, 2.45) is 5.92 Å². The van der Waals surface area contributed by atoms with Crippen molar-refractivity contribution in [3.63, 3.8) is 0 Å². The topological polar surface area (TPSA) is 78.9 Å². The summed E-state index contributed by atoms with van der Waals surface area (Å²) in [6.07, 6.45) is 1.30. The van der Waals surface area contributed by atoms with Gasteiger partial charge in [-0.15, -0.1) is 0 Å². The van der Waals surface area contributed by atoms with E-state index in [1.165, 1.54) is 4.90 Å². The SMILES string of the molecule is CC(C)[C@H](NCCCc1ccc(N(C)C(=O)OC(C)(C)C)cc1)C(=O)O. The van der Waals surface area contributed by atoms with E-state index in [2.05, 4.69) is 5.32 Å². The normalized spacial score (nSPS) is 12.7. The number of rotatable bonds is 8. The lowest BCUT2D eigenvalue weighted by molar-refractivity contribution is -0.140. The molecule has 0 aliphatic rings. The zero-order valence-electron chi connectivity index (χ0n) is 16.7. The molecule has 1 aromatic carbocycles. The molecule has 2 N–H and O–H groups in total. The van der Waals surface area contributed by atoms with E-state index >= 15 is 0 Å². The van der Waals surface area contributed by atoms with Crippen molar-refractivity contribution in [2.45, 2.75) is 59.1 Å². The van der Waals surface area contributed by atoms with Crippen LogP contribution in [0.3, 0.4) is 0 Å². The van der Waals surface area contributed by atoms with Crippen LogP contribution in [0.2, 0.25) is 0 Å². The Balaban J connectivity index is 2.50. The van der Waals surface area contributed by atoms with Crippen molar-refractivity contribution in [2.75, 3.05) is 18.5 Å². The number of aliphatic carboxylic acids is 1. The Morgan fingerprint density at radius 2 is 1.77 bits per heavy atom. The fourth-order valence-corrected chi connectivity index (χ4v) is 2.48. The molecule has 0 spiro atoms. The Morgan fingerprint density at radius 3 is 2.23 bits per heavy atom. The van der Waals surface area contributed by atoms with Crippen molar-refractivity contribution in [3.05, 3.63) is 29.8 Å². The smallest absolute Gasteiger partial charge is 0.414 e. The van der Waals surface area contributed by atoms with Gasteiger partial charge >= 0.3 is 12.1 Å². The van der Waals surface area contributed by atoms with Gasteiger partial charge in [0, 0.05) is 12.7 Å². The number of carbonyl (C=O) groups is 2. The van der Waals surface area contributed by atoms with Crippen LogP contribution in [0.4, 0.5) is 10.5 Å². The van der Waals surface area contributed by atoms with E-state index in [1.54, 1.807) is 7.05 Å². The number of hydrogen-bond donors (Lipinski definition) is 2. The van der Waals surface area contributed by atoms with Crippen molar-refractivity contribution >= 4 is 17.7 Å². The molecule has 1 rings (SSSR count). The van der Waals surface area contributed by atoms with Gasteiger partial charge in [0.1, 0.15) is 11.6 Å². The molecular weight excluding hydrogens is 332 g/mol. The maximum atomic E-state index is 12.1. The summed E-state index contributed by atoms with van der Waals surface area (Å²) in [4.78, 5) is 24.7. The van der Waals surface area contributed by atoms with Gasteiger partial charge in [-0.2, -0.15) is 0 Å². The molecule has 1 aromatic rings. The average molecular weight is 364 g/mol. The third-order valence-corrected chi connectivity index (χ3v) is 3.93. The molecule has 1 amide bonds. The highest BCUT2D eigenvalue weighted by Crippen LogP contribution is 2.18. The standard InChI is InChI=1S/C20H32N2O4/c1-14(2)17(18(23)24)21-13-7-8-15-9-11-16(12-10-15)22(6)19(25)26-20(3,4)5/h9-12,14,17,21H,7-8,13H2,1-6H3,(H,23,24)/t17-/m0/s1. The molecule has 146 valence electrons. The minimum Gasteiger partial charge on any atom is -0.480 e. The van der Waals surface area contributed by atoms with E-state index < -0.39 is 17.6 Å². The van der Waals surface area contributed by atoms with Crippen LogP contribution in [0, 0.1) is 5.92 Å². The molecule has 0 aliphatic carbocycles. The minimum absolute atomic E-state index is 0.0511. The van der Waals surface area contributed by atoms with Gasteiger partial charge in [-0.25, -0.2) is 4.79 Å². The quantitative estimate of drug-likeness (QED) is 0.688. The second-order valence-electron chi connectivity index (χ2n) is 7.82. The summed E-state index contributed by atoms with van der Waals surface area (Å²) in [6, 6.07) is 7.22. The summed E-state index contributed by atoms with van der Waals surface area (Å²) < 4.78 is 5.36. The Labute approximate surface area is 156 Å². The molecule has 0 saturated carbocycles. The van der Waals surface area contributed by atoms with Crippen molar-refractivity contribution in [1.29, 1.82) is 0 Å². The van der Waals surface area contributed by atoms with E-state index in [1.807, 2.05) is 58.9 Å². The fourth-order valence-electron chi connectivity index (χ4n) is 2.48. The van der Waals surface area contributed by atoms with Crippen molar-refractivity contribution in [1.82, 2.24) is 5.32 Å². The molecule has 0 heterocycles. The largest absolute Gasteiger partial charge is 0.480 e. The third kappa shape index (κ3) is 7.44. The predicted molar refractivity (Wildman–Crippen MR) is 104 cm³/mol.